The van der Waals surface area contributed by atoms with Crippen LogP contribution in [-0.4, -0.2) is 28.3 Å². The third kappa shape index (κ3) is 3.86. The van der Waals surface area contributed by atoms with Crippen molar-refractivity contribution in [3.63, 3.8) is 0 Å². The molecule has 3 N–H and O–H groups in total. The Balaban J connectivity index is 1.51. The number of H-pyrrole nitrogens is 1. The van der Waals surface area contributed by atoms with Crippen molar-refractivity contribution in [3.05, 3.63) is 70.4 Å². The van der Waals surface area contributed by atoms with E-state index in [4.69, 9.17) is 0 Å². The number of nitro benzene ring substituents is 1. The van der Waals surface area contributed by atoms with Gasteiger partial charge in [-0.15, -0.1) is 0 Å². The van der Waals surface area contributed by atoms with Crippen molar-refractivity contribution in [2.24, 2.45) is 0 Å². The number of nitrogens with zero attached hydrogens (tertiary/aromatic N) is 1. The SMILES string of the molecule is O=C(NCCc1c[nH]c2ccccc12)C(=O)Nc1ccc([N+](=O)[O-])cc1. The van der Waals surface area contributed by atoms with Crippen LogP contribution in [0.2, 0.25) is 0 Å². The highest BCUT2D eigenvalue weighted by Gasteiger charge is 2.14. The number of nitro groups is 1. The smallest absolute Gasteiger partial charge is 0.313 e. The van der Waals surface area contributed by atoms with Gasteiger partial charge < -0.3 is 15.6 Å². The van der Waals surface area contributed by atoms with Crippen LogP contribution in [0.5, 0.6) is 0 Å². The fourth-order valence-electron chi connectivity index (χ4n) is 2.58. The van der Waals surface area contributed by atoms with Gasteiger partial charge in [0.25, 0.3) is 5.69 Å². The number of hydrogen-bond donors (Lipinski definition) is 3. The number of para-hydroxylation sites is 1. The molecule has 0 saturated carbocycles. The molecule has 0 saturated heterocycles. The van der Waals surface area contributed by atoms with Crippen LogP contribution in [0.1, 0.15) is 5.56 Å². The molecule has 0 atom stereocenters. The molecular weight excluding hydrogens is 336 g/mol. The van der Waals surface area contributed by atoms with Gasteiger partial charge in [0.15, 0.2) is 0 Å². The lowest BCUT2D eigenvalue weighted by Gasteiger charge is -2.06. The molecule has 8 nitrogen and oxygen atoms in total. The molecule has 0 aliphatic heterocycles. The maximum Gasteiger partial charge on any atom is 0.313 e. The molecule has 0 unspecified atom stereocenters. The number of amides is 2. The van der Waals surface area contributed by atoms with E-state index in [9.17, 15) is 19.7 Å². The molecular formula is C18H16N4O4. The molecule has 2 amide bonds. The Morgan fingerprint density at radius 1 is 1.04 bits per heavy atom. The van der Waals surface area contributed by atoms with Crippen LogP contribution in [0.3, 0.4) is 0 Å². The first kappa shape index (κ1) is 17.2. The minimum Gasteiger partial charge on any atom is -0.361 e. The van der Waals surface area contributed by atoms with E-state index in [1.54, 1.807) is 0 Å². The number of rotatable bonds is 5. The summed E-state index contributed by atoms with van der Waals surface area (Å²) in [5.74, 6) is -1.58. The van der Waals surface area contributed by atoms with E-state index in [2.05, 4.69) is 15.6 Å². The van der Waals surface area contributed by atoms with E-state index in [0.717, 1.165) is 16.5 Å². The second-order valence-electron chi connectivity index (χ2n) is 5.62. The zero-order chi connectivity index (χ0) is 18.5. The van der Waals surface area contributed by atoms with Crippen LogP contribution in [-0.2, 0) is 16.0 Å². The first-order chi connectivity index (χ1) is 12.5. The van der Waals surface area contributed by atoms with Gasteiger partial charge in [0.1, 0.15) is 0 Å². The molecule has 132 valence electrons. The maximum absolute atomic E-state index is 11.9. The van der Waals surface area contributed by atoms with Gasteiger partial charge >= 0.3 is 11.8 Å². The number of nitrogens with one attached hydrogen (secondary N) is 3. The minimum absolute atomic E-state index is 0.0915. The summed E-state index contributed by atoms with van der Waals surface area (Å²) in [6.07, 6.45) is 2.47. The van der Waals surface area contributed by atoms with E-state index in [1.807, 2.05) is 30.5 Å². The van der Waals surface area contributed by atoms with Crippen molar-refractivity contribution in [1.82, 2.24) is 10.3 Å². The summed E-state index contributed by atoms with van der Waals surface area (Å²) in [5.41, 5.74) is 2.29. The maximum atomic E-state index is 11.9. The largest absolute Gasteiger partial charge is 0.361 e. The van der Waals surface area contributed by atoms with Crippen LogP contribution >= 0.6 is 0 Å². The summed E-state index contributed by atoms with van der Waals surface area (Å²) >= 11 is 0. The zero-order valence-corrected chi connectivity index (χ0v) is 13.7. The number of aromatic amines is 1. The lowest BCUT2D eigenvalue weighted by atomic mass is 10.1. The molecule has 0 radical (unpaired) electrons. The summed E-state index contributed by atoms with van der Waals surface area (Å²) in [7, 11) is 0. The highest BCUT2D eigenvalue weighted by Crippen LogP contribution is 2.18. The average Bonchev–Trinajstić information content (AvgIpc) is 3.05. The van der Waals surface area contributed by atoms with Gasteiger partial charge in [-0.05, 0) is 30.2 Å². The van der Waals surface area contributed by atoms with E-state index < -0.39 is 16.7 Å². The minimum atomic E-state index is -0.822. The van der Waals surface area contributed by atoms with E-state index in [1.165, 1.54) is 24.3 Å². The normalized spacial score (nSPS) is 10.5. The molecule has 1 heterocycles. The van der Waals surface area contributed by atoms with Crippen molar-refractivity contribution in [2.45, 2.75) is 6.42 Å². The van der Waals surface area contributed by atoms with Crippen LogP contribution in [0, 0.1) is 10.1 Å². The third-order valence-electron chi connectivity index (χ3n) is 3.90. The zero-order valence-electron chi connectivity index (χ0n) is 13.7. The lowest BCUT2D eigenvalue weighted by molar-refractivity contribution is -0.384. The lowest BCUT2D eigenvalue weighted by Crippen LogP contribution is -2.36. The van der Waals surface area contributed by atoms with Crippen LogP contribution in [0.15, 0.2) is 54.7 Å². The van der Waals surface area contributed by atoms with Crippen molar-refractivity contribution >= 4 is 34.1 Å². The number of hydrogen-bond acceptors (Lipinski definition) is 4. The molecule has 3 aromatic rings. The monoisotopic (exact) mass is 352 g/mol. The van der Waals surface area contributed by atoms with Gasteiger partial charge in [-0.25, -0.2) is 0 Å². The quantitative estimate of drug-likeness (QED) is 0.371. The molecule has 0 aliphatic rings. The molecule has 1 aromatic heterocycles. The molecule has 3 rings (SSSR count). The number of benzene rings is 2. The Morgan fingerprint density at radius 2 is 1.77 bits per heavy atom. The summed E-state index contributed by atoms with van der Waals surface area (Å²) in [6.45, 7) is 0.314. The number of anilines is 1. The Bertz CT molecular complexity index is 963. The Kier molecular flexibility index (Phi) is 4.93. The fraction of sp³-hybridized carbons (Fsp3) is 0.111. The molecule has 0 bridgehead atoms. The molecule has 0 spiro atoms. The van der Waals surface area contributed by atoms with Crippen molar-refractivity contribution < 1.29 is 14.5 Å². The third-order valence-corrected chi connectivity index (χ3v) is 3.90. The van der Waals surface area contributed by atoms with Crippen molar-refractivity contribution in [2.75, 3.05) is 11.9 Å². The predicted octanol–water partition coefficient (Wildman–Crippen LogP) is 2.37. The summed E-state index contributed by atoms with van der Waals surface area (Å²) in [6, 6.07) is 13.1. The first-order valence-corrected chi connectivity index (χ1v) is 7.93. The van der Waals surface area contributed by atoms with E-state index in [0.29, 0.717) is 18.7 Å². The first-order valence-electron chi connectivity index (χ1n) is 7.93. The van der Waals surface area contributed by atoms with Crippen LogP contribution in [0.4, 0.5) is 11.4 Å². The summed E-state index contributed by atoms with van der Waals surface area (Å²) in [5, 5.41) is 16.6. The van der Waals surface area contributed by atoms with Gasteiger partial charge in [-0.3, -0.25) is 19.7 Å². The van der Waals surface area contributed by atoms with Crippen molar-refractivity contribution in [1.29, 1.82) is 0 Å². The number of carbonyl (C=O) groups is 2. The highest BCUT2D eigenvalue weighted by atomic mass is 16.6. The van der Waals surface area contributed by atoms with Gasteiger partial charge in [0, 0.05) is 41.5 Å². The van der Waals surface area contributed by atoms with Crippen LogP contribution < -0.4 is 10.6 Å². The molecule has 26 heavy (non-hydrogen) atoms. The number of fused-ring (bicyclic) bond motifs is 1. The van der Waals surface area contributed by atoms with E-state index in [-0.39, 0.29) is 5.69 Å². The van der Waals surface area contributed by atoms with Gasteiger partial charge in [-0.2, -0.15) is 0 Å². The summed E-state index contributed by atoms with van der Waals surface area (Å²) < 4.78 is 0. The summed E-state index contributed by atoms with van der Waals surface area (Å²) in [4.78, 5) is 37.0. The molecule has 0 fully saturated rings. The average molecular weight is 352 g/mol. The second kappa shape index (κ2) is 7.47. The number of carbonyl (C=O) groups excluding carboxylic acids is 2. The molecule has 0 aliphatic carbocycles. The molecule has 8 heteroatoms. The predicted molar refractivity (Wildman–Crippen MR) is 96.7 cm³/mol. The van der Waals surface area contributed by atoms with Gasteiger partial charge in [0.2, 0.25) is 0 Å². The Morgan fingerprint density at radius 3 is 2.50 bits per heavy atom. The Labute approximate surface area is 148 Å². The fourth-order valence-corrected chi connectivity index (χ4v) is 2.58. The van der Waals surface area contributed by atoms with E-state index >= 15 is 0 Å². The van der Waals surface area contributed by atoms with Gasteiger partial charge in [0.05, 0.1) is 4.92 Å². The topological polar surface area (TPSA) is 117 Å². The Hall–Kier alpha value is -3.68. The van der Waals surface area contributed by atoms with Crippen LogP contribution in [0.25, 0.3) is 10.9 Å². The highest BCUT2D eigenvalue weighted by molar-refractivity contribution is 6.39. The van der Waals surface area contributed by atoms with Gasteiger partial charge in [-0.1, -0.05) is 18.2 Å². The van der Waals surface area contributed by atoms with Crippen molar-refractivity contribution in [3.8, 4) is 0 Å². The standard InChI is InChI=1S/C18H16N4O4/c23-17(18(24)21-13-5-7-14(8-6-13)22(25)26)19-10-9-12-11-20-16-4-2-1-3-15(12)16/h1-8,11,20H,9-10H2,(H,19,23)(H,21,24). The molecule has 2 aromatic carbocycles. The second-order valence-corrected chi connectivity index (χ2v) is 5.62. The number of non-ortho nitro benzene ring substituents is 1. The number of aromatic nitrogens is 1.